The fraction of sp³-hybridized carbons (Fsp3) is 0.533. The lowest BCUT2D eigenvalue weighted by Crippen LogP contribution is -2.32. The Morgan fingerprint density at radius 3 is 2.85 bits per heavy atom. The number of hydrogen-bond donors (Lipinski definition) is 3. The molecule has 1 fully saturated rings. The third-order valence-electron chi connectivity index (χ3n) is 3.47. The zero-order chi connectivity index (χ0) is 14.2. The third-order valence-corrected chi connectivity index (χ3v) is 3.47. The van der Waals surface area contributed by atoms with Gasteiger partial charge in [0.15, 0.2) is 0 Å². The maximum atomic E-state index is 11.3. The van der Waals surface area contributed by atoms with Gasteiger partial charge in [0.05, 0.1) is 11.7 Å². The van der Waals surface area contributed by atoms with Gasteiger partial charge in [0.25, 0.3) is 5.91 Å². The Balaban J connectivity index is 1.67. The highest BCUT2D eigenvalue weighted by Crippen LogP contribution is 2.14. The molecule has 0 atom stereocenters. The van der Waals surface area contributed by atoms with Crippen molar-refractivity contribution in [3.05, 3.63) is 29.8 Å². The SMILES string of the molecule is NC(=O)c1ccccc1NCCCOC1CCNCC1. The summed E-state index contributed by atoms with van der Waals surface area (Å²) in [5.41, 5.74) is 6.66. The van der Waals surface area contributed by atoms with Crippen molar-refractivity contribution in [3.8, 4) is 0 Å². The smallest absolute Gasteiger partial charge is 0.250 e. The number of carbonyl (C=O) groups is 1. The van der Waals surface area contributed by atoms with Crippen LogP contribution in [-0.2, 0) is 4.74 Å². The molecule has 1 heterocycles. The van der Waals surface area contributed by atoms with Crippen LogP contribution in [0.4, 0.5) is 5.69 Å². The number of carbonyl (C=O) groups excluding carboxylic acids is 1. The van der Waals surface area contributed by atoms with E-state index in [1.165, 1.54) is 0 Å². The number of amides is 1. The third kappa shape index (κ3) is 4.51. The van der Waals surface area contributed by atoms with E-state index in [1.807, 2.05) is 18.2 Å². The summed E-state index contributed by atoms with van der Waals surface area (Å²) in [4.78, 5) is 11.3. The second-order valence-electron chi connectivity index (χ2n) is 5.01. The minimum absolute atomic E-state index is 0.397. The maximum Gasteiger partial charge on any atom is 0.250 e. The fourth-order valence-electron chi connectivity index (χ4n) is 2.36. The summed E-state index contributed by atoms with van der Waals surface area (Å²) in [5.74, 6) is -0.404. The molecule has 5 nitrogen and oxygen atoms in total. The van der Waals surface area contributed by atoms with Crippen LogP contribution in [0.3, 0.4) is 0 Å². The van der Waals surface area contributed by atoms with E-state index in [0.29, 0.717) is 11.7 Å². The number of hydrogen-bond acceptors (Lipinski definition) is 4. The van der Waals surface area contributed by atoms with E-state index in [9.17, 15) is 4.79 Å². The number of anilines is 1. The van der Waals surface area contributed by atoms with E-state index < -0.39 is 5.91 Å². The molecule has 0 aromatic heterocycles. The predicted octanol–water partition coefficient (Wildman–Crippen LogP) is 1.36. The standard InChI is InChI=1S/C15H23N3O2/c16-15(19)13-4-1-2-5-14(13)18-8-3-11-20-12-6-9-17-10-7-12/h1-2,4-5,12,17-18H,3,6-11H2,(H2,16,19). The Labute approximate surface area is 119 Å². The van der Waals surface area contributed by atoms with Crippen molar-refractivity contribution >= 4 is 11.6 Å². The van der Waals surface area contributed by atoms with Gasteiger partial charge in [0.2, 0.25) is 0 Å². The van der Waals surface area contributed by atoms with Crippen molar-refractivity contribution in [1.82, 2.24) is 5.32 Å². The van der Waals surface area contributed by atoms with E-state index in [4.69, 9.17) is 10.5 Å². The topological polar surface area (TPSA) is 76.4 Å². The van der Waals surface area contributed by atoms with E-state index >= 15 is 0 Å². The first-order valence-corrected chi connectivity index (χ1v) is 7.22. The zero-order valence-electron chi connectivity index (χ0n) is 11.7. The van der Waals surface area contributed by atoms with Crippen LogP contribution in [0.5, 0.6) is 0 Å². The second kappa shape index (κ2) is 7.87. The first-order valence-electron chi connectivity index (χ1n) is 7.22. The summed E-state index contributed by atoms with van der Waals surface area (Å²) in [7, 11) is 0. The molecule has 110 valence electrons. The highest BCUT2D eigenvalue weighted by molar-refractivity contribution is 5.98. The van der Waals surface area contributed by atoms with Crippen LogP contribution in [0.2, 0.25) is 0 Å². The van der Waals surface area contributed by atoms with Crippen LogP contribution in [0.1, 0.15) is 29.6 Å². The minimum Gasteiger partial charge on any atom is -0.384 e. The lowest BCUT2D eigenvalue weighted by Gasteiger charge is -2.23. The summed E-state index contributed by atoms with van der Waals surface area (Å²) in [6, 6.07) is 7.30. The molecule has 0 unspecified atom stereocenters. The van der Waals surface area contributed by atoms with Crippen molar-refractivity contribution in [3.63, 3.8) is 0 Å². The molecule has 2 rings (SSSR count). The summed E-state index contributed by atoms with van der Waals surface area (Å²) in [6.07, 6.45) is 3.50. The van der Waals surface area contributed by atoms with Crippen molar-refractivity contribution in [1.29, 1.82) is 0 Å². The molecule has 1 aromatic carbocycles. The lowest BCUT2D eigenvalue weighted by atomic mass is 10.1. The Kier molecular flexibility index (Phi) is 5.83. The minimum atomic E-state index is -0.404. The van der Waals surface area contributed by atoms with Gasteiger partial charge in [-0.25, -0.2) is 0 Å². The van der Waals surface area contributed by atoms with Gasteiger partial charge >= 0.3 is 0 Å². The molecule has 1 aliphatic heterocycles. The van der Waals surface area contributed by atoms with E-state index in [2.05, 4.69) is 10.6 Å². The van der Waals surface area contributed by atoms with E-state index in [0.717, 1.165) is 51.2 Å². The maximum absolute atomic E-state index is 11.3. The number of benzene rings is 1. The molecule has 20 heavy (non-hydrogen) atoms. The van der Waals surface area contributed by atoms with Gasteiger partial charge in [0, 0.05) is 18.8 Å². The van der Waals surface area contributed by atoms with Gasteiger partial charge in [-0.3, -0.25) is 4.79 Å². The number of rotatable bonds is 7. The van der Waals surface area contributed by atoms with Crippen molar-refractivity contribution < 1.29 is 9.53 Å². The Hall–Kier alpha value is -1.59. The molecule has 1 aliphatic rings. The average molecular weight is 277 g/mol. The molecular formula is C15H23N3O2. The first-order chi connectivity index (χ1) is 9.77. The van der Waals surface area contributed by atoms with Crippen molar-refractivity contribution in [2.45, 2.75) is 25.4 Å². The highest BCUT2D eigenvalue weighted by atomic mass is 16.5. The van der Waals surface area contributed by atoms with Crippen LogP contribution in [0.15, 0.2) is 24.3 Å². The predicted molar refractivity (Wildman–Crippen MR) is 79.9 cm³/mol. The van der Waals surface area contributed by atoms with E-state index in [1.54, 1.807) is 6.07 Å². The number of ether oxygens (including phenoxy) is 1. The molecule has 0 bridgehead atoms. The molecule has 0 aliphatic carbocycles. The number of nitrogens with two attached hydrogens (primary N) is 1. The summed E-state index contributed by atoms with van der Waals surface area (Å²) in [6.45, 7) is 3.62. The number of primary amides is 1. The summed E-state index contributed by atoms with van der Waals surface area (Å²) in [5, 5.41) is 6.56. The van der Waals surface area contributed by atoms with E-state index in [-0.39, 0.29) is 0 Å². The second-order valence-corrected chi connectivity index (χ2v) is 5.01. The quantitative estimate of drug-likeness (QED) is 0.658. The molecule has 0 radical (unpaired) electrons. The van der Waals surface area contributed by atoms with Gasteiger partial charge < -0.3 is 21.1 Å². The van der Waals surface area contributed by atoms with Crippen LogP contribution < -0.4 is 16.4 Å². The van der Waals surface area contributed by atoms with Crippen LogP contribution in [0, 0.1) is 0 Å². The molecule has 1 amide bonds. The lowest BCUT2D eigenvalue weighted by molar-refractivity contribution is 0.0329. The monoisotopic (exact) mass is 277 g/mol. The van der Waals surface area contributed by atoms with Gasteiger partial charge in [-0.2, -0.15) is 0 Å². The highest BCUT2D eigenvalue weighted by Gasteiger charge is 2.12. The Morgan fingerprint density at radius 2 is 2.10 bits per heavy atom. The molecular weight excluding hydrogens is 254 g/mol. The largest absolute Gasteiger partial charge is 0.384 e. The van der Waals surface area contributed by atoms with Crippen LogP contribution >= 0.6 is 0 Å². The number of para-hydroxylation sites is 1. The van der Waals surface area contributed by atoms with Crippen molar-refractivity contribution in [2.24, 2.45) is 5.73 Å². The molecule has 0 spiro atoms. The summed E-state index contributed by atoms with van der Waals surface area (Å²) >= 11 is 0. The fourth-order valence-corrected chi connectivity index (χ4v) is 2.36. The Bertz CT molecular complexity index is 431. The van der Waals surface area contributed by atoms with Crippen LogP contribution in [-0.4, -0.2) is 38.3 Å². The van der Waals surface area contributed by atoms with Crippen molar-refractivity contribution in [2.75, 3.05) is 31.6 Å². The number of piperidine rings is 1. The molecule has 5 heteroatoms. The van der Waals surface area contributed by atoms with Gasteiger partial charge in [-0.15, -0.1) is 0 Å². The molecule has 1 saturated heterocycles. The summed E-state index contributed by atoms with van der Waals surface area (Å²) < 4.78 is 5.83. The van der Waals surface area contributed by atoms with Gasteiger partial charge in [-0.1, -0.05) is 12.1 Å². The molecule has 1 aromatic rings. The van der Waals surface area contributed by atoms with Crippen LogP contribution in [0.25, 0.3) is 0 Å². The number of nitrogens with one attached hydrogen (secondary N) is 2. The molecule has 4 N–H and O–H groups in total. The van der Waals surface area contributed by atoms with Gasteiger partial charge in [-0.05, 0) is 44.5 Å². The normalized spacial score (nSPS) is 16.0. The Morgan fingerprint density at radius 1 is 1.35 bits per heavy atom. The average Bonchev–Trinajstić information content (AvgIpc) is 2.48. The van der Waals surface area contributed by atoms with Gasteiger partial charge in [0.1, 0.15) is 0 Å². The molecule has 0 saturated carbocycles. The zero-order valence-corrected chi connectivity index (χ0v) is 11.7. The first kappa shape index (κ1) is 14.8.